The SMILES string of the molecule is CC(=O)Nc1cccc(NC(=O)C(C)C(N)=NO)c1. The van der Waals surface area contributed by atoms with Gasteiger partial charge in [-0.1, -0.05) is 11.2 Å². The Morgan fingerprint density at radius 2 is 1.89 bits per heavy atom. The third-order valence-corrected chi connectivity index (χ3v) is 2.40. The van der Waals surface area contributed by atoms with Gasteiger partial charge in [0.2, 0.25) is 11.8 Å². The first-order valence-electron chi connectivity index (χ1n) is 5.60. The van der Waals surface area contributed by atoms with Gasteiger partial charge in [0.25, 0.3) is 0 Å². The smallest absolute Gasteiger partial charge is 0.234 e. The van der Waals surface area contributed by atoms with Crippen LogP contribution in [0.4, 0.5) is 11.4 Å². The number of hydrogen-bond donors (Lipinski definition) is 4. The highest BCUT2D eigenvalue weighted by atomic mass is 16.4. The molecule has 1 aromatic rings. The molecule has 1 unspecified atom stereocenters. The van der Waals surface area contributed by atoms with Gasteiger partial charge in [-0.2, -0.15) is 0 Å². The lowest BCUT2D eigenvalue weighted by atomic mass is 10.1. The first kappa shape index (κ1) is 14.5. The summed E-state index contributed by atoms with van der Waals surface area (Å²) in [6.07, 6.45) is 0. The lowest BCUT2D eigenvalue weighted by Gasteiger charge is -2.11. The zero-order valence-electron chi connectivity index (χ0n) is 10.7. The van der Waals surface area contributed by atoms with Crippen molar-refractivity contribution in [3.8, 4) is 0 Å². The molecular weight excluding hydrogens is 248 g/mol. The Labute approximate surface area is 110 Å². The number of anilines is 2. The highest BCUT2D eigenvalue weighted by Gasteiger charge is 2.17. The van der Waals surface area contributed by atoms with Crippen molar-refractivity contribution in [1.29, 1.82) is 0 Å². The number of amides is 2. The van der Waals surface area contributed by atoms with Crippen LogP contribution in [0.3, 0.4) is 0 Å². The number of nitrogens with zero attached hydrogens (tertiary/aromatic N) is 1. The molecule has 1 atom stereocenters. The molecule has 2 amide bonds. The van der Waals surface area contributed by atoms with Crippen molar-refractivity contribution < 1.29 is 14.8 Å². The molecule has 0 aliphatic carbocycles. The molecule has 0 aliphatic heterocycles. The second kappa shape index (κ2) is 6.39. The maximum absolute atomic E-state index is 11.8. The molecule has 0 heterocycles. The molecule has 0 aromatic heterocycles. The number of carbonyl (C=O) groups excluding carboxylic acids is 2. The van der Waals surface area contributed by atoms with E-state index in [0.717, 1.165) is 0 Å². The molecule has 0 aliphatic rings. The molecule has 0 spiro atoms. The van der Waals surface area contributed by atoms with Crippen LogP contribution in [0.1, 0.15) is 13.8 Å². The van der Waals surface area contributed by atoms with Crippen LogP contribution < -0.4 is 16.4 Å². The van der Waals surface area contributed by atoms with E-state index >= 15 is 0 Å². The summed E-state index contributed by atoms with van der Waals surface area (Å²) in [4.78, 5) is 22.7. The number of hydrogen-bond acceptors (Lipinski definition) is 4. The highest BCUT2D eigenvalue weighted by molar-refractivity contribution is 6.07. The number of nitrogens with one attached hydrogen (secondary N) is 2. The van der Waals surface area contributed by atoms with Gasteiger partial charge in [0, 0.05) is 18.3 Å². The van der Waals surface area contributed by atoms with E-state index in [1.165, 1.54) is 13.8 Å². The predicted molar refractivity (Wildman–Crippen MR) is 71.9 cm³/mol. The average Bonchev–Trinajstić information content (AvgIpc) is 2.36. The van der Waals surface area contributed by atoms with Crippen LogP contribution in [0.2, 0.25) is 0 Å². The molecule has 0 saturated heterocycles. The molecular formula is C12H16N4O3. The highest BCUT2D eigenvalue weighted by Crippen LogP contribution is 2.15. The van der Waals surface area contributed by atoms with Crippen LogP contribution in [0.15, 0.2) is 29.4 Å². The van der Waals surface area contributed by atoms with Gasteiger partial charge in [-0.15, -0.1) is 0 Å². The number of oxime groups is 1. The lowest BCUT2D eigenvalue weighted by molar-refractivity contribution is -0.117. The van der Waals surface area contributed by atoms with E-state index in [0.29, 0.717) is 11.4 Å². The average molecular weight is 264 g/mol. The lowest BCUT2D eigenvalue weighted by Crippen LogP contribution is -2.32. The van der Waals surface area contributed by atoms with Gasteiger partial charge in [-0.3, -0.25) is 9.59 Å². The second-order valence-corrected chi connectivity index (χ2v) is 4.00. The Kier molecular flexibility index (Phi) is 4.87. The monoisotopic (exact) mass is 264 g/mol. The largest absolute Gasteiger partial charge is 0.409 e. The molecule has 102 valence electrons. The fraction of sp³-hybridized carbons (Fsp3) is 0.250. The topological polar surface area (TPSA) is 117 Å². The van der Waals surface area contributed by atoms with Crippen molar-refractivity contribution in [2.45, 2.75) is 13.8 Å². The quantitative estimate of drug-likeness (QED) is 0.280. The Bertz CT molecular complexity index is 513. The molecule has 0 bridgehead atoms. The third kappa shape index (κ3) is 4.30. The van der Waals surface area contributed by atoms with E-state index in [1.54, 1.807) is 24.3 Å². The molecule has 7 nitrogen and oxygen atoms in total. The van der Waals surface area contributed by atoms with Gasteiger partial charge in [0.1, 0.15) is 0 Å². The summed E-state index contributed by atoms with van der Waals surface area (Å²) in [7, 11) is 0. The van der Waals surface area contributed by atoms with Crippen molar-refractivity contribution in [1.82, 2.24) is 0 Å². The molecule has 1 rings (SSSR count). The summed E-state index contributed by atoms with van der Waals surface area (Å²) in [5.74, 6) is -1.53. The number of carbonyl (C=O) groups is 2. The third-order valence-electron chi connectivity index (χ3n) is 2.40. The van der Waals surface area contributed by atoms with E-state index in [1.807, 2.05) is 0 Å². The van der Waals surface area contributed by atoms with Crippen LogP contribution in [-0.4, -0.2) is 22.9 Å². The van der Waals surface area contributed by atoms with E-state index < -0.39 is 11.8 Å². The number of nitrogens with two attached hydrogens (primary N) is 1. The maximum atomic E-state index is 11.8. The first-order chi connectivity index (χ1) is 8.93. The first-order valence-corrected chi connectivity index (χ1v) is 5.60. The summed E-state index contributed by atoms with van der Waals surface area (Å²) < 4.78 is 0. The molecule has 1 aromatic carbocycles. The fourth-order valence-corrected chi connectivity index (χ4v) is 1.35. The minimum absolute atomic E-state index is 0.171. The standard InChI is InChI=1S/C12H16N4O3/c1-7(11(13)16-19)12(18)15-10-5-3-4-9(6-10)14-8(2)17/h3-7,19H,1-2H3,(H2,13,16)(H,14,17)(H,15,18). The summed E-state index contributed by atoms with van der Waals surface area (Å²) >= 11 is 0. The van der Waals surface area contributed by atoms with Crippen molar-refractivity contribution in [2.24, 2.45) is 16.8 Å². The van der Waals surface area contributed by atoms with Gasteiger partial charge >= 0.3 is 0 Å². The van der Waals surface area contributed by atoms with Gasteiger partial charge < -0.3 is 21.6 Å². The van der Waals surface area contributed by atoms with Crippen molar-refractivity contribution in [3.63, 3.8) is 0 Å². The van der Waals surface area contributed by atoms with Crippen LogP contribution in [0, 0.1) is 5.92 Å². The van der Waals surface area contributed by atoms with Crippen molar-refractivity contribution in [3.05, 3.63) is 24.3 Å². The molecule has 0 saturated carbocycles. The van der Waals surface area contributed by atoms with E-state index in [2.05, 4.69) is 15.8 Å². The van der Waals surface area contributed by atoms with Gasteiger partial charge in [-0.25, -0.2) is 0 Å². The Hall–Kier alpha value is -2.57. The molecule has 19 heavy (non-hydrogen) atoms. The molecule has 0 radical (unpaired) electrons. The Morgan fingerprint density at radius 3 is 2.42 bits per heavy atom. The molecule has 7 heteroatoms. The number of benzene rings is 1. The fourth-order valence-electron chi connectivity index (χ4n) is 1.35. The van der Waals surface area contributed by atoms with Crippen molar-refractivity contribution in [2.75, 3.05) is 10.6 Å². The van der Waals surface area contributed by atoms with Crippen LogP contribution >= 0.6 is 0 Å². The molecule has 5 N–H and O–H groups in total. The van der Waals surface area contributed by atoms with Crippen LogP contribution in [0.5, 0.6) is 0 Å². The minimum atomic E-state index is -0.755. The van der Waals surface area contributed by atoms with Gasteiger partial charge in [-0.05, 0) is 25.1 Å². The number of rotatable bonds is 4. The summed E-state index contributed by atoms with van der Waals surface area (Å²) in [6.45, 7) is 2.91. The zero-order chi connectivity index (χ0) is 14.4. The van der Waals surface area contributed by atoms with Gasteiger partial charge in [0.05, 0.1) is 5.92 Å². The van der Waals surface area contributed by atoms with Crippen LogP contribution in [-0.2, 0) is 9.59 Å². The van der Waals surface area contributed by atoms with Gasteiger partial charge in [0.15, 0.2) is 5.84 Å². The Morgan fingerprint density at radius 1 is 1.32 bits per heavy atom. The van der Waals surface area contributed by atoms with Crippen LogP contribution in [0.25, 0.3) is 0 Å². The minimum Gasteiger partial charge on any atom is -0.409 e. The summed E-state index contributed by atoms with van der Waals surface area (Å²) in [5.41, 5.74) is 6.43. The number of amidine groups is 1. The van der Waals surface area contributed by atoms with Crippen molar-refractivity contribution >= 4 is 29.0 Å². The van der Waals surface area contributed by atoms with E-state index in [-0.39, 0.29) is 11.7 Å². The second-order valence-electron chi connectivity index (χ2n) is 4.00. The predicted octanol–water partition coefficient (Wildman–Crippen LogP) is 0.966. The van der Waals surface area contributed by atoms with E-state index in [9.17, 15) is 9.59 Å². The summed E-state index contributed by atoms with van der Waals surface area (Å²) in [5, 5.41) is 16.5. The normalized spacial score (nSPS) is 12.6. The van der Waals surface area contributed by atoms with E-state index in [4.69, 9.17) is 10.9 Å². The maximum Gasteiger partial charge on any atom is 0.234 e. The Balaban J connectivity index is 2.77. The zero-order valence-corrected chi connectivity index (χ0v) is 10.7. The summed E-state index contributed by atoms with van der Waals surface area (Å²) in [6, 6.07) is 6.67. The molecule has 0 fully saturated rings.